The predicted octanol–water partition coefficient (Wildman–Crippen LogP) is 2.01. The fourth-order valence-electron chi connectivity index (χ4n) is 2.36. The summed E-state index contributed by atoms with van der Waals surface area (Å²) < 4.78 is 12.8. The van der Waals surface area contributed by atoms with Crippen LogP contribution in [0, 0.1) is 5.82 Å². The second-order valence-electron chi connectivity index (χ2n) is 5.20. The largest absolute Gasteiger partial charge is 0.351 e. The SMILES string of the molecule is C=CCCC(=O)N[C@@H]1CC(=O)N(Cc2ccc(F)cc2)C1. The molecule has 112 valence electrons. The highest BCUT2D eigenvalue weighted by atomic mass is 19.1. The van der Waals surface area contributed by atoms with Crippen molar-refractivity contribution in [1.29, 1.82) is 0 Å². The van der Waals surface area contributed by atoms with Crippen molar-refractivity contribution in [1.82, 2.24) is 10.2 Å². The van der Waals surface area contributed by atoms with Gasteiger partial charge in [0.05, 0.1) is 6.04 Å². The number of likely N-dealkylation sites (tertiary alicyclic amines) is 1. The van der Waals surface area contributed by atoms with Crippen LogP contribution in [0.4, 0.5) is 4.39 Å². The lowest BCUT2D eigenvalue weighted by Gasteiger charge is -2.17. The zero-order valence-corrected chi connectivity index (χ0v) is 11.8. The zero-order chi connectivity index (χ0) is 15.2. The number of nitrogens with one attached hydrogen (secondary N) is 1. The molecular weight excluding hydrogens is 271 g/mol. The summed E-state index contributed by atoms with van der Waals surface area (Å²) in [4.78, 5) is 25.3. The molecule has 1 aliphatic heterocycles. The van der Waals surface area contributed by atoms with Gasteiger partial charge in [-0.2, -0.15) is 0 Å². The Morgan fingerprint density at radius 1 is 1.43 bits per heavy atom. The number of benzene rings is 1. The molecule has 0 aliphatic carbocycles. The Bertz CT molecular complexity index is 528. The molecule has 1 aromatic rings. The number of carbonyl (C=O) groups excluding carboxylic acids is 2. The van der Waals surface area contributed by atoms with Crippen LogP contribution in [-0.4, -0.2) is 29.3 Å². The average molecular weight is 290 g/mol. The monoisotopic (exact) mass is 290 g/mol. The Morgan fingerprint density at radius 3 is 2.81 bits per heavy atom. The highest BCUT2D eigenvalue weighted by molar-refractivity contribution is 5.82. The zero-order valence-electron chi connectivity index (χ0n) is 11.8. The minimum atomic E-state index is -0.293. The Morgan fingerprint density at radius 2 is 2.14 bits per heavy atom. The predicted molar refractivity (Wildman–Crippen MR) is 77.8 cm³/mol. The van der Waals surface area contributed by atoms with Crippen molar-refractivity contribution in [3.05, 3.63) is 48.3 Å². The average Bonchev–Trinajstić information content (AvgIpc) is 2.79. The maximum Gasteiger partial charge on any atom is 0.225 e. The third-order valence-corrected chi connectivity index (χ3v) is 3.44. The summed E-state index contributed by atoms with van der Waals surface area (Å²) in [7, 11) is 0. The summed E-state index contributed by atoms with van der Waals surface area (Å²) >= 11 is 0. The van der Waals surface area contributed by atoms with Crippen LogP contribution < -0.4 is 5.32 Å². The number of hydrogen-bond donors (Lipinski definition) is 1. The Labute approximate surface area is 123 Å². The van der Waals surface area contributed by atoms with Gasteiger partial charge in [0, 0.05) is 25.9 Å². The number of nitrogens with zero attached hydrogens (tertiary/aromatic N) is 1. The smallest absolute Gasteiger partial charge is 0.225 e. The van der Waals surface area contributed by atoms with Crippen LogP contribution in [0.2, 0.25) is 0 Å². The number of carbonyl (C=O) groups is 2. The molecule has 0 bridgehead atoms. The summed E-state index contributed by atoms with van der Waals surface area (Å²) in [6.45, 7) is 4.51. The highest BCUT2D eigenvalue weighted by Crippen LogP contribution is 2.15. The van der Waals surface area contributed by atoms with Gasteiger partial charge in [-0.1, -0.05) is 18.2 Å². The molecule has 1 aromatic carbocycles. The molecule has 1 fully saturated rings. The second kappa shape index (κ2) is 7.02. The molecule has 1 atom stereocenters. The number of allylic oxidation sites excluding steroid dienone is 1. The van der Waals surface area contributed by atoms with Crippen LogP contribution in [-0.2, 0) is 16.1 Å². The molecule has 4 nitrogen and oxygen atoms in total. The van der Waals surface area contributed by atoms with Crippen molar-refractivity contribution in [2.24, 2.45) is 0 Å². The van der Waals surface area contributed by atoms with Crippen molar-refractivity contribution >= 4 is 11.8 Å². The van der Waals surface area contributed by atoms with Crippen molar-refractivity contribution in [3.63, 3.8) is 0 Å². The van der Waals surface area contributed by atoms with E-state index in [9.17, 15) is 14.0 Å². The fourth-order valence-corrected chi connectivity index (χ4v) is 2.36. The maximum absolute atomic E-state index is 12.8. The van der Waals surface area contributed by atoms with E-state index in [1.165, 1.54) is 12.1 Å². The van der Waals surface area contributed by atoms with Gasteiger partial charge in [0.15, 0.2) is 0 Å². The van der Waals surface area contributed by atoms with Gasteiger partial charge in [0.25, 0.3) is 0 Å². The van der Waals surface area contributed by atoms with Crippen molar-refractivity contribution < 1.29 is 14.0 Å². The minimum Gasteiger partial charge on any atom is -0.351 e. The number of rotatable bonds is 6. The number of halogens is 1. The van der Waals surface area contributed by atoms with Crippen LogP contribution >= 0.6 is 0 Å². The number of hydrogen-bond acceptors (Lipinski definition) is 2. The van der Waals surface area contributed by atoms with Gasteiger partial charge in [-0.05, 0) is 24.1 Å². The topological polar surface area (TPSA) is 49.4 Å². The summed E-state index contributed by atoms with van der Waals surface area (Å²) in [6.07, 6.45) is 3.04. The minimum absolute atomic E-state index is 0.00773. The molecule has 21 heavy (non-hydrogen) atoms. The van der Waals surface area contributed by atoms with Gasteiger partial charge in [-0.25, -0.2) is 4.39 Å². The molecule has 1 N–H and O–H groups in total. The van der Waals surface area contributed by atoms with Crippen molar-refractivity contribution in [2.45, 2.75) is 31.8 Å². The standard InChI is InChI=1S/C16H19FN2O2/c1-2-3-4-15(20)18-14-9-16(21)19(11-14)10-12-5-7-13(17)8-6-12/h2,5-8,14H,1,3-4,9-11H2,(H,18,20)/t14-/m1/s1. The normalized spacial score (nSPS) is 17.9. The molecule has 1 heterocycles. The van der Waals surface area contributed by atoms with E-state index in [0.29, 0.717) is 32.4 Å². The molecular formula is C16H19FN2O2. The number of amides is 2. The van der Waals surface area contributed by atoms with Gasteiger partial charge in [-0.15, -0.1) is 6.58 Å². The summed E-state index contributed by atoms with van der Waals surface area (Å²) in [5, 5.41) is 2.86. The third-order valence-electron chi connectivity index (χ3n) is 3.44. The molecule has 0 spiro atoms. The molecule has 0 unspecified atom stereocenters. The lowest BCUT2D eigenvalue weighted by molar-refractivity contribution is -0.128. The molecule has 1 aliphatic rings. The Balaban J connectivity index is 1.86. The van der Waals surface area contributed by atoms with Gasteiger partial charge >= 0.3 is 0 Å². The van der Waals surface area contributed by atoms with Gasteiger partial charge in [-0.3, -0.25) is 9.59 Å². The second-order valence-corrected chi connectivity index (χ2v) is 5.20. The lowest BCUT2D eigenvalue weighted by atomic mass is 10.2. The first-order valence-corrected chi connectivity index (χ1v) is 7.01. The highest BCUT2D eigenvalue weighted by Gasteiger charge is 2.30. The summed E-state index contributed by atoms with van der Waals surface area (Å²) in [5.41, 5.74) is 0.878. The quantitative estimate of drug-likeness (QED) is 0.815. The maximum atomic E-state index is 12.8. The first kappa shape index (κ1) is 15.2. The van der Waals surface area contributed by atoms with E-state index < -0.39 is 0 Å². The van der Waals surface area contributed by atoms with Crippen LogP contribution in [0.15, 0.2) is 36.9 Å². The Kier molecular flexibility index (Phi) is 5.09. The molecule has 2 amide bonds. The summed E-state index contributed by atoms with van der Waals surface area (Å²) in [5.74, 6) is -0.344. The molecule has 5 heteroatoms. The van der Waals surface area contributed by atoms with Gasteiger partial charge < -0.3 is 10.2 Å². The molecule has 0 radical (unpaired) electrons. The van der Waals surface area contributed by atoms with Crippen LogP contribution in [0.25, 0.3) is 0 Å². The van der Waals surface area contributed by atoms with Crippen molar-refractivity contribution in [2.75, 3.05) is 6.54 Å². The van der Waals surface area contributed by atoms with Gasteiger partial charge in [0.1, 0.15) is 5.82 Å². The molecule has 1 saturated heterocycles. The van der Waals surface area contributed by atoms with E-state index in [1.807, 2.05) is 0 Å². The molecule has 0 saturated carbocycles. The summed E-state index contributed by atoms with van der Waals surface area (Å²) in [6, 6.07) is 5.95. The van der Waals surface area contributed by atoms with Crippen molar-refractivity contribution in [3.8, 4) is 0 Å². The van der Waals surface area contributed by atoms with Crippen LogP contribution in [0.3, 0.4) is 0 Å². The molecule has 0 aromatic heterocycles. The third kappa shape index (κ3) is 4.41. The first-order chi connectivity index (χ1) is 10.1. The van der Waals surface area contributed by atoms with E-state index in [-0.39, 0.29) is 23.7 Å². The van der Waals surface area contributed by atoms with E-state index in [1.54, 1.807) is 23.1 Å². The Hall–Kier alpha value is -2.17. The van der Waals surface area contributed by atoms with Crippen LogP contribution in [0.5, 0.6) is 0 Å². The molecule has 2 rings (SSSR count). The van der Waals surface area contributed by atoms with E-state index in [4.69, 9.17) is 0 Å². The fraction of sp³-hybridized carbons (Fsp3) is 0.375. The first-order valence-electron chi connectivity index (χ1n) is 7.01. The van der Waals surface area contributed by atoms with Gasteiger partial charge in [0.2, 0.25) is 11.8 Å². The van der Waals surface area contributed by atoms with E-state index in [0.717, 1.165) is 5.56 Å². The van der Waals surface area contributed by atoms with E-state index in [2.05, 4.69) is 11.9 Å². The van der Waals surface area contributed by atoms with E-state index >= 15 is 0 Å². The lowest BCUT2D eigenvalue weighted by Crippen LogP contribution is -2.36. The van der Waals surface area contributed by atoms with Crippen LogP contribution in [0.1, 0.15) is 24.8 Å².